The predicted molar refractivity (Wildman–Crippen MR) is 88.2 cm³/mol. The van der Waals surface area contributed by atoms with Crippen LogP contribution in [0.1, 0.15) is 18.4 Å². The molecule has 0 unspecified atom stereocenters. The van der Waals surface area contributed by atoms with Gasteiger partial charge in [0.05, 0.1) is 13.2 Å². The molecule has 1 aromatic rings. The van der Waals surface area contributed by atoms with Gasteiger partial charge in [-0.1, -0.05) is 6.07 Å². The molecule has 0 aliphatic carbocycles. The van der Waals surface area contributed by atoms with Crippen LogP contribution in [-0.2, 0) is 11.2 Å². The normalized spacial score (nSPS) is 23.8. The van der Waals surface area contributed by atoms with E-state index >= 15 is 0 Å². The van der Waals surface area contributed by atoms with Crippen molar-refractivity contribution in [3.8, 4) is 5.75 Å². The van der Waals surface area contributed by atoms with Crippen molar-refractivity contribution >= 4 is 5.69 Å². The summed E-state index contributed by atoms with van der Waals surface area (Å²) in [7, 11) is 0. The summed E-state index contributed by atoms with van der Waals surface area (Å²) >= 11 is 0. The van der Waals surface area contributed by atoms with E-state index < -0.39 is 0 Å². The highest BCUT2D eigenvalue weighted by Crippen LogP contribution is 2.42. The third kappa shape index (κ3) is 3.04. The van der Waals surface area contributed by atoms with Gasteiger partial charge in [0.2, 0.25) is 0 Å². The number of rotatable bonds is 3. The van der Waals surface area contributed by atoms with Crippen molar-refractivity contribution in [3.63, 3.8) is 0 Å². The summed E-state index contributed by atoms with van der Waals surface area (Å²) in [5, 5.41) is 0. The molecular formula is C18H25FN2O2. The number of halogens is 1. The molecule has 0 aromatic heterocycles. The third-order valence-corrected chi connectivity index (χ3v) is 5.43. The van der Waals surface area contributed by atoms with E-state index in [1.165, 1.54) is 11.3 Å². The van der Waals surface area contributed by atoms with Crippen LogP contribution < -0.4 is 9.64 Å². The van der Waals surface area contributed by atoms with E-state index in [9.17, 15) is 4.39 Å². The number of hydrogen-bond acceptors (Lipinski definition) is 4. The highest BCUT2D eigenvalue weighted by atomic mass is 19.1. The first-order valence-electron chi connectivity index (χ1n) is 8.71. The first-order valence-corrected chi connectivity index (χ1v) is 8.71. The summed E-state index contributed by atoms with van der Waals surface area (Å²) in [5.41, 5.74) is 2.50. The summed E-state index contributed by atoms with van der Waals surface area (Å²) in [6, 6.07) is 6.64. The van der Waals surface area contributed by atoms with E-state index in [0.29, 0.717) is 6.54 Å². The van der Waals surface area contributed by atoms with Gasteiger partial charge in [0.1, 0.15) is 18.0 Å². The van der Waals surface area contributed by atoms with Crippen LogP contribution >= 0.6 is 0 Å². The first-order chi connectivity index (χ1) is 11.3. The Kier molecular flexibility index (Phi) is 4.16. The zero-order chi connectivity index (χ0) is 15.7. The molecule has 2 fully saturated rings. The maximum atomic E-state index is 12.5. The minimum absolute atomic E-state index is 0.0568. The summed E-state index contributed by atoms with van der Waals surface area (Å²) in [6.07, 6.45) is 2.98. The molecule has 126 valence electrons. The Labute approximate surface area is 137 Å². The molecule has 0 radical (unpaired) electrons. The average Bonchev–Trinajstić information content (AvgIpc) is 2.95. The summed E-state index contributed by atoms with van der Waals surface area (Å²) in [5.74, 6) is 1.05. The van der Waals surface area contributed by atoms with E-state index in [1.807, 2.05) is 0 Å². The predicted octanol–water partition coefficient (Wildman–Crippen LogP) is 2.26. The van der Waals surface area contributed by atoms with Crippen molar-refractivity contribution in [2.45, 2.75) is 24.9 Å². The zero-order valence-electron chi connectivity index (χ0n) is 13.6. The Hall–Kier alpha value is -1.33. The molecule has 23 heavy (non-hydrogen) atoms. The quantitative estimate of drug-likeness (QED) is 0.853. The lowest BCUT2D eigenvalue weighted by Gasteiger charge is -2.38. The number of alkyl halides is 1. The molecule has 0 bridgehead atoms. The number of benzene rings is 1. The van der Waals surface area contributed by atoms with Crippen LogP contribution in [0.15, 0.2) is 18.2 Å². The number of fused-ring (bicyclic) bond motifs is 1. The van der Waals surface area contributed by atoms with Gasteiger partial charge in [-0.3, -0.25) is 0 Å². The smallest absolute Gasteiger partial charge is 0.125 e. The van der Waals surface area contributed by atoms with Gasteiger partial charge in [-0.2, -0.15) is 0 Å². The molecule has 3 aliphatic heterocycles. The second-order valence-electron chi connectivity index (χ2n) is 6.88. The minimum Gasteiger partial charge on any atom is -0.486 e. The number of ether oxygens (including phenoxy) is 2. The molecule has 1 spiro atoms. The summed E-state index contributed by atoms with van der Waals surface area (Å²) in [6.45, 7) is 5.67. The molecule has 0 saturated carbocycles. The van der Waals surface area contributed by atoms with Crippen molar-refractivity contribution in [2.75, 3.05) is 57.5 Å². The molecule has 2 saturated heterocycles. The molecular weight excluding hydrogens is 295 g/mol. The van der Waals surface area contributed by atoms with Crippen LogP contribution in [0.4, 0.5) is 10.1 Å². The zero-order valence-corrected chi connectivity index (χ0v) is 13.6. The van der Waals surface area contributed by atoms with Gasteiger partial charge in [0, 0.05) is 63.7 Å². The molecule has 4 rings (SSSR count). The molecule has 0 N–H and O–H groups in total. The Morgan fingerprint density at radius 3 is 2.61 bits per heavy atom. The molecule has 0 amide bonds. The summed E-state index contributed by atoms with van der Waals surface area (Å²) in [4.78, 5) is 4.57. The lowest BCUT2D eigenvalue weighted by molar-refractivity contribution is 0.0180. The number of likely N-dealkylation sites (tertiary alicyclic amines) is 1. The minimum atomic E-state index is -0.253. The maximum Gasteiger partial charge on any atom is 0.125 e. The number of nitrogens with zero attached hydrogens (tertiary/aromatic N) is 2. The monoisotopic (exact) mass is 320 g/mol. The van der Waals surface area contributed by atoms with Gasteiger partial charge in [0.25, 0.3) is 0 Å². The standard InChI is InChI=1S/C18H25FN2O2/c19-5-8-20-6-3-18(4-7-20)14-15-1-2-16(13-17(15)23-18)21-9-11-22-12-10-21/h1-2,13H,3-12,14H2. The van der Waals surface area contributed by atoms with E-state index in [-0.39, 0.29) is 12.3 Å². The second kappa shape index (κ2) is 6.29. The third-order valence-electron chi connectivity index (χ3n) is 5.43. The van der Waals surface area contributed by atoms with Crippen LogP contribution in [0.25, 0.3) is 0 Å². The molecule has 3 aliphatic rings. The number of morpholine rings is 1. The lowest BCUT2D eigenvalue weighted by Crippen LogP contribution is -2.47. The fourth-order valence-corrected chi connectivity index (χ4v) is 4.00. The van der Waals surface area contributed by atoms with Gasteiger partial charge in [-0.15, -0.1) is 0 Å². The van der Waals surface area contributed by atoms with Crippen LogP contribution in [-0.4, -0.2) is 63.1 Å². The Bertz CT molecular complexity index is 552. The van der Waals surface area contributed by atoms with Gasteiger partial charge in [-0.05, 0) is 11.6 Å². The fourth-order valence-electron chi connectivity index (χ4n) is 4.00. The maximum absolute atomic E-state index is 12.5. The van der Waals surface area contributed by atoms with Gasteiger partial charge < -0.3 is 19.3 Å². The van der Waals surface area contributed by atoms with Crippen LogP contribution in [0.3, 0.4) is 0 Å². The SMILES string of the molecule is FCCN1CCC2(CC1)Cc1ccc(N3CCOCC3)cc1O2. The Morgan fingerprint density at radius 2 is 1.87 bits per heavy atom. The Morgan fingerprint density at radius 1 is 1.09 bits per heavy atom. The first kappa shape index (κ1) is 15.2. The van der Waals surface area contributed by atoms with Crippen LogP contribution in [0.5, 0.6) is 5.75 Å². The summed E-state index contributed by atoms with van der Waals surface area (Å²) < 4.78 is 24.3. The average molecular weight is 320 g/mol. The van der Waals surface area contributed by atoms with Crippen LogP contribution in [0, 0.1) is 0 Å². The van der Waals surface area contributed by atoms with Crippen molar-refractivity contribution in [3.05, 3.63) is 23.8 Å². The van der Waals surface area contributed by atoms with Crippen molar-refractivity contribution in [2.24, 2.45) is 0 Å². The molecule has 3 heterocycles. The second-order valence-corrected chi connectivity index (χ2v) is 6.88. The number of anilines is 1. The van der Waals surface area contributed by atoms with Gasteiger partial charge in [0.15, 0.2) is 0 Å². The van der Waals surface area contributed by atoms with Crippen molar-refractivity contribution in [1.29, 1.82) is 0 Å². The topological polar surface area (TPSA) is 24.9 Å². The van der Waals surface area contributed by atoms with Crippen LogP contribution in [0.2, 0.25) is 0 Å². The Balaban J connectivity index is 1.45. The molecule has 1 aromatic carbocycles. The van der Waals surface area contributed by atoms with E-state index in [1.54, 1.807) is 0 Å². The highest BCUT2D eigenvalue weighted by molar-refractivity contribution is 5.56. The van der Waals surface area contributed by atoms with Gasteiger partial charge in [-0.25, -0.2) is 4.39 Å². The largest absolute Gasteiger partial charge is 0.486 e. The van der Waals surface area contributed by atoms with E-state index in [2.05, 4.69) is 28.0 Å². The molecule has 0 atom stereocenters. The van der Waals surface area contributed by atoms with E-state index in [4.69, 9.17) is 9.47 Å². The molecule has 4 nitrogen and oxygen atoms in total. The van der Waals surface area contributed by atoms with Crippen molar-refractivity contribution in [1.82, 2.24) is 4.90 Å². The van der Waals surface area contributed by atoms with Crippen molar-refractivity contribution < 1.29 is 13.9 Å². The highest BCUT2D eigenvalue weighted by Gasteiger charge is 2.42. The molecule has 5 heteroatoms. The number of hydrogen-bond donors (Lipinski definition) is 0. The lowest BCUT2D eigenvalue weighted by atomic mass is 9.87. The number of piperidine rings is 1. The fraction of sp³-hybridized carbons (Fsp3) is 0.667. The van der Waals surface area contributed by atoms with Gasteiger partial charge >= 0.3 is 0 Å². The van der Waals surface area contributed by atoms with E-state index in [0.717, 1.165) is 64.4 Å².